The van der Waals surface area contributed by atoms with E-state index in [1.165, 1.54) is 0 Å². The number of rotatable bonds is 5. The van der Waals surface area contributed by atoms with E-state index in [0.717, 1.165) is 10.5 Å². The number of likely N-dealkylation sites (tertiary alicyclic amines) is 1. The van der Waals surface area contributed by atoms with Gasteiger partial charge in [-0.2, -0.15) is 5.10 Å². The largest absolute Gasteiger partial charge is 0.291 e. The molecule has 2 aromatic rings. The third kappa shape index (κ3) is 3.26. The Morgan fingerprint density at radius 2 is 2.17 bits per heavy atom. The van der Waals surface area contributed by atoms with Crippen LogP contribution in [0.2, 0.25) is 0 Å². The SMILES string of the molecule is Cn1cc(CC2CC(=O)N(Cc3nnc(C(F)F)s3)C2=O)cn1. The maximum absolute atomic E-state index is 12.5. The number of hydrogen-bond acceptors (Lipinski definition) is 6. The van der Waals surface area contributed by atoms with Gasteiger partial charge in [0.2, 0.25) is 11.8 Å². The monoisotopic (exact) mass is 341 g/mol. The first-order valence-corrected chi connectivity index (χ1v) is 7.68. The molecule has 0 bridgehead atoms. The summed E-state index contributed by atoms with van der Waals surface area (Å²) in [7, 11) is 1.77. The Labute approximate surface area is 133 Å². The summed E-state index contributed by atoms with van der Waals surface area (Å²) >= 11 is 0.709. The van der Waals surface area contributed by atoms with E-state index in [4.69, 9.17) is 0 Å². The van der Waals surface area contributed by atoms with E-state index in [9.17, 15) is 18.4 Å². The lowest BCUT2D eigenvalue weighted by atomic mass is 10.0. The van der Waals surface area contributed by atoms with Gasteiger partial charge in [-0.15, -0.1) is 10.2 Å². The number of halogens is 2. The van der Waals surface area contributed by atoms with Crippen molar-refractivity contribution in [3.8, 4) is 0 Å². The molecule has 3 heterocycles. The molecule has 2 amide bonds. The summed E-state index contributed by atoms with van der Waals surface area (Å²) in [5.41, 5.74) is 0.872. The van der Waals surface area contributed by atoms with E-state index in [2.05, 4.69) is 15.3 Å². The Hall–Kier alpha value is -2.23. The number of carbonyl (C=O) groups is 2. The number of amides is 2. The summed E-state index contributed by atoms with van der Waals surface area (Å²) in [6, 6.07) is 0. The first-order chi connectivity index (χ1) is 10.9. The number of imide groups is 1. The van der Waals surface area contributed by atoms with Crippen LogP contribution in [0.5, 0.6) is 0 Å². The van der Waals surface area contributed by atoms with Gasteiger partial charge in [-0.3, -0.25) is 19.2 Å². The Bertz CT molecular complexity index is 744. The number of carbonyl (C=O) groups excluding carboxylic acids is 2. The lowest BCUT2D eigenvalue weighted by Gasteiger charge is -2.12. The first kappa shape index (κ1) is 15.7. The normalized spacial score (nSPS) is 18.4. The summed E-state index contributed by atoms with van der Waals surface area (Å²) in [6.45, 7) is -0.106. The first-order valence-electron chi connectivity index (χ1n) is 6.86. The van der Waals surface area contributed by atoms with Crippen molar-refractivity contribution in [1.82, 2.24) is 24.9 Å². The number of aromatic nitrogens is 4. The standard InChI is InChI=1S/C13H13F2N5O2S/c1-19-5-7(4-16-19)2-8-3-10(21)20(13(8)22)6-9-17-18-12(23-9)11(14)15/h4-5,8,11H,2-3,6H2,1H3. The van der Waals surface area contributed by atoms with E-state index in [1.807, 2.05) is 0 Å². The van der Waals surface area contributed by atoms with Crippen LogP contribution < -0.4 is 0 Å². The number of alkyl halides is 2. The predicted octanol–water partition coefficient (Wildman–Crippen LogP) is 1.33. The highest BCUT2D eigenvalue weighted by molar-refractivity contribution is 7.11. The molecule has 0 aliphatic carbocycles. The molecule has 0 N–H and O–H groups in total. The van der Waals surface area contributed by atoms with Crippen LogP contribution in [0.4, 0.5) is 8.78 Å². The minimum Gasteiger partial charge on any atom is -0.276 e. The third-order valence-corrected chi connectivity index (χ3v) is 4.46. The van der Waals surface area contributed by atoms with Gasteiger partial charge in [0.1, 0.15) is 5.01 Å². The van der Waals surface area contributed by atoms with E-state index < -0.39 is 17.4 Å². The minimum atomic E-state index is -2.70. The van der Waals surface area contributed by atoms with Crippen molar-refractivity contribution in [3.63, 3.8) is 0 Å². The molecule has 3 rings (SSSR count). The van der Waals surface area contributed by atoms with Crippen LogP contribution in [-0.4, -0.2) is 36.7 Å². The molecular formula is C13H13F2N5O2S. The van der Waals surface area contributed by atoms with Crippen LogP contribution in [0.3, 0.4) is 0 Å². The van der Waals surface area contributed by atoms with E-state index in [0.29, 0.717) is 17.8 Å². The smallest absolute Gasteiger partial charge is 0.276 e. The van der Waals surface area contributed by atoms with Crippen molar-refractivity contribution >= 4 is 23.2 Å². The lowest BCUT2D eigenvalue weighted by Crippen LogP contribution is -2.30. The second kappa shape index (κ2) is 6.11. The highest BCUT2D eigenvalue weighted by atomic mass is 32.1. The van der Waals surface area contributed by atoms with Gasteiger partial charge in [0, 0.05) is 19.7 Å². The number of nitrogens with zero attached hydrogens (tertiary/aromatic N) is 5. The molecular weight excluding hydrogens is 328 g/mol. The molecule has 122 valence electrons. The Kier molecular flexibility index (Phi) is 4.16. The zero-order chi connectivity index (χ0) is 16.6. The maximum atomic E-state index is 12.5. The third-order valence-electron chi connectivity index (χ3n) is 3.54. The Morgan fingerprint density at radius 3 is 2.78 bits per heavy atom. The molecule has 1 saturated heterocycles. The quantitative estimate of drug-likeness (QED) is 0.767. The van der Waals surface area contributed by atoms with Gasteiger partial charge >= 0.3 is 0 Å². The van der Waals surface area contributed by atoms with E-state index in [-0.39, 0.29) is 29.8 Å². The Morgan fingerprint density at radius 1 is 1.39 bits per heavy atom. The minimum absolute atomic E-state index is 0.105. The zero-order valence-corrected chi connectivity index (χ0v) is 13.0. The van der Waals surface area contributed by atoms with Crippen molar-refractivity contribution in [1.29, 1.82) is 0 Å². The van der Waals surface area contributed by atoms with Crippen molar-refractivity contribution in [2.24, 2.45) is 13.0 Å². The number of hydrogen-bond donors (Lipinski definition) is 0. The van der Waals surface area contributed by atoms with Crippen molar-refractivity contribution in [2.75, 3.05) is 0 Å². The van der Waals surface area contributed by atoms with Crippen LogP contribution in [0.25, 0.3) is 0 Å². The molecule has 7 nitrogen and oxygen atoms in total. The molecule has 1 aliphatic heterocycles. The average Bonchev–Trinajstić information content (AvgIpc) is 3.17. The van der Waals surface area contributed by atoms with Crippen molar-refractivity contribution < 1.29 is 18.4 Å². The summed E-state index contributed by atoms with van der Waals surface area (Å²) in [4.78, 5) is 25.5. The van der Waals surface area contributed by atoms with Gasteiger partial charge in [-0.1, -0.05) is 11.3 Å². The van der Waals surface area contributed by atoms with Crippen molar-refractivity contribution in [2.45, 2.75) is 25.8 Å². The molecule has 0 aromatic carbocycles. The molecule has 1 aliphatic rings. The molecule has 0 saturated carbocycles. The molecule has 10 heteroatoms. The molecule has 2 aromatic heterocycles. The van der Waals surface area contributed by atoms with Crippen LogP contribution in [0, 0.1) is 5.92 Å². The maximum Gasteiger partial charge on any atom is 0.291 e. The van der Waals surface area contributed by atoms with Crippen LogP contribution >= 0.6 is 11.3 Å². The molecule has 0 radical (unpaired) electrons. The number of aryl methyl sites for hydroxylation is 1. The summed E-state index contributed by atoms with van der Waals surface area (Å²) < 4.78 is 26.6. The van der Waals surface area contributed by atoms with Crippen molar-refractivity contribution in [3.05, 3.63) is 28.0 Å². The van der Waals surface area contributed by atoms with Gasteiger partial charge in [0.25, 0.3) is 6.43 Å². The molecule has 1 fully saturated rings. The fourth-order valence-corrected chi connectivity index (χ4v) is 3.18. The average molecular weight is 341 g/mol. The topological polar surface area (TPSA) is 81.0 Å². The van der Waals surface area contributed by atoms with Gasteiger partial charge in [0.15, 0.2) is 5.01 Å². The summed E-state index contributed by atoms with van der Waals surface area (Å²) in [5, 5.41) is 10.8. The fraction of sp³-hybridized carbons (Fsp3) is 0.462. The van der Waals surface area contributed by atoms with Crippen LogP contribution in [0.1, 0.15) is 28.4 Å². The zero-order valence-electron chi connectivity index (χ0n) is 12.1. The fourth-order valence-electron chi connectivity index (χ4n) is 2.49. The van der Waals surface area contributed by atoms with Gasteiger partial charge in [-0.25, -0.2) is 8.78 Å². The summed E-state index contributed by atoms with van der Waals surface area (Å²) in [6.07, 6.45) is 1.27. The predicted molar refractivity (Wildman–Crippen MR) is 75.4 cm³/mol. The Balaban J connectivity index is 1.68. The molecule has 1 unspecified atom stereocenters. The molecule has 1 atom stereocenters. The highest BCUT2D eigenvalue weighted by Gasteiger charge is 2.39. The van der Waals surface area contributed by atoms with Crippen LogP contribution in [0.15, 0.2) is 12.4 Å². The highest BCUT2D eigenvalue weighted by Crippen LogP contribution is 2.27. The lowest BCUT2D eigenvalue weighted by molar-refractivity contribution is -0.140. The molecule has 23 heavy (non-hydrogen) atoms. The van der Waals surface area contributed by atoms with Crippen LogP contribution in [-0.2, 0) is 29.6 Å². The second-order valence-corrected chi connectivity index (χ2v) is 6.37. The van der Waals surface area contributed by atoms with E-state index in [1.54, 1.807) is 24.1 Å². The van der Waals surface area contributed by atoms with E-state index >= 15 is 0 Å². The van der Waals surface area contributed by atoms with Gasteiger partial charge in [0.05, 0.1) is 18.7 Å². The second-order valence-electron chi connectivity index (χ2n) is 5.28. The van der Waals surface area contributed by atoms with Gasteiger partial charge in [-0.05, 0) is 12.0 Å². The van der Waals surface area contributed by atoms with Gasteiger partial charge < -0.3 is 0 Å². The summed E-state index contributed by atoms with van der Waals surface area (Å²) in [5.74, 6) is -1.08. The molecule has 0 spiro atoms.